The molecule has 0 N–H and O–H groups in total. The van der Waals surface area contributed by atoms with Crippen molar-refractivity contribution in [2.45, 2.75) is 64.7 Å². The summed E-state index contributed by atoms with van der Waals surface area (Å²) in [4.78, 5) is 17.4. The third-order valence-electron chi connectivity index (χ3n) is 5.33. The maximum absolute atomic E-state index is 5.52. The zero-order valence-electron chi connectivity index (χ0n) is 19.0. The van der Waals surface area contributed by atoms with Gasteiger partial charge in [0, 0.05) is 77.0 Å². The fourth-order valence-electron chi connectivity index (χ4n) is 3.61. The second kappa shape index (κ2) is 14.0. The average Bonchev–Trinajstić information content (AvgIpc) is 2.85. The highest BCUT2D eigenvalue weighted by molar-refractivity contribution is 5.86. The molecule has 4 heterocycles. The molecule has 0 amide bonds. The van der Waals surface area contributed by atoms with E-state index in [1.165, 1.54) is 0 Å². The van der Waals surface area contributed by atoms with Crippen molar-refractivity contribution in [3.05, 3.63) is 0 Å². The Kier molecular flexibility index (Phi) is 10.7. The van der Waals surface area contributed by atoms with Crippen LogP contribution in [0.4, 0.5) is 0 Å². The molecule has 1 atom stereocenters. The van der Waals surface area contributed by atoms with Crippen LogP contribution in [-0.4, -0.2) is 76.2 Å². The van der Waals surface area contributed by atoms with Crippen molar-refractivity contribution < 1.29 is 18.9 Å². The van der Waals surface area contributed by atoms with Crippen LogP contribution >= 0.6 is 0 Å². The quantitative estimate of drug-likeness (QED) is 0.543. The summed E-state index contributed by atoms with van der Waals surface area (Å²) in [6.45, 7) is 9.07. The molecule has 4 aliphatic heterocycles. The number of hydrogen-bond acceptors (Lipinski definition) is 8. The van der Waals surface area contributed by atoms with Crippen LogP contribution in [-0.2, 0) is 18.9 Å². The van der Waals surface area contributed by atoms with Crippen LogP contribution in [0.2, 0.25) is 0 Å². The van der Waals surface area contributed by atoms with E-state index in [9.17, 15) is 0 Å². The summed E-state index contributed by atoms with van der Waals surface area (Å²) in [5.41, 5.74) is 0. The Bertz CT molecular complexity index is 632. The van der Waals surface area contributed by atoms with Gasteiger partial charge in [-0.3, -0.25) is 20.0 Å². The lowest BCUT2D eigenvalue weighted by Crippen LogP contribution is -2.25. The van der Waals surface area contributed by atoms with E-state index in [0.29, 0.717) is 5.92 Å². The Morgan fingerprint density at radius 1 is 0.613 bits per heavy atom. The van der Waals surface area contributed by atoms with Crippen LogP contribution in [0.1, 0.15) is 64.7 Å². The normalized spacial score (nSPS) is 21.8. The SMILES string of the molecule is C1CN=C(CCCCC2=NCCCO2)OC1.CC(CC1=NCCCO1)C1=NCCCO1. The summed E-state index contributed by atoms with van der Waals surface area (Å²) in [7, 11) is 0. The molecule has 8 nitrogen and oxygen atoms in total. The first-order valence-corrected chi connectivity index (χ1v) is 12.0. The Hall–Kier alpha value is -2.12. The van der Waals surface area contributed by atoms with Gasteiger partial charge in [0.1, 0.15) is 0 Å². The van der Waals surface area contributed by atoms with Crippen molar-refractivity contribution in [2.24, 2.45) is 25.9 Å². The third-order valence-corrected chi connectivity index (χ3v) is 5.33. The molecule has 4 rings (SSSR count). The predicted octanol–water partition coefficient (Wildman–Crippen LogP) is 3.83. The minimum absolute atomic E-state index is 0.294. The zero-order chi connectivity index (χ0) is 21.6. The average molecular weight is 435 g/mol. The predicted molar refractivity (Wildman–Crippen MR) is 124 cm³/mol. The first-order valence-electron chi connectivity index (χ1n) is 12.0. The van der Waals surface area contributed by atoms with Gasteiger partial charge in [-0.25, -0.2) is 0 Å². The lowest BCUT2D eigenvalue weighted by molar-refractivity contribution is 0.250. The minimum Gasteiger partial charge on any atom is -0.481 e. The third kappa shape index (κ3) is 9.27. The van der Waals surface area contributed by atoms with Crippen LogP contribution in [0.15, 0.2) is 20.0 Å². The van der Waals surface area contributed by atoms with Crippen LogP contribution in [0.3, 0.4) is 0 Å². The molecule has 0 aromatic heterocycles. The highest BCUT2D eigenvalue weighted by Crippen LogP contribution is 2.14. The van der Waals surface area contributed by atoms with Crippen molar-refractivity contribution in [1.82, 2.24) is 0 Å². The van der Waals surface area contributed by atoms with E-state index in [2.05, 4.69) is 26.9 Å². The van der Waals surface area contributed by atoms with Crippen LogP contribution in [0, 0.1) is 5.92 Å². The fourth-order valence-corrected chi connectivity index (χ4v) is 3.61. The molecule has 174 valence electrons. The van der Waals surface area contributed by atoms with Gasteiger partial charge in [-0.2, -0.15) is 0 Å². The first-order chi connectivity index (χ1) is 15.3. The maximum Gasteiger partial charge on any atom is 0.186 e. The van der Waals surface area contributed by atoms with Gasteiger partial charge in [-0.05, 0) is 12.8 Å². The largest absolute Gasteiger partial charge is 0.481 e. The maximum atomic E-state index is 5.52. The van der Waals surface area contributed by atoms with E-state index in [1.54, 1.807) is 0 Å². The molecule has 0 aromatic rings. The molecule has 0 saturated heterocycles. The minimum atomic E-state index is 0.294. The van der Waals surface area contributed by atoms with Gasteiger partial charge in [0.05, 0.1) is 26.4 Å². The Morgan fingerprint density at radius 2 is 1.06 bits per heavy atom. The Labute approximate surface area is 186 Å². The Morgan fingerprint density at radius 3 is 1.48 bits per heavy atom. The smallest absolute Gasteiger partial charge is 0.186 e. The molecule has 0 aliphatic carbocycles. The van der Waals surface area contributed by atoms with Gasteiger partial charge < -0.3 is 18.9 Å². The highest BCUT2D eigenvalue weighted by atomic mass is 16.5. The van der Waals surface area contributed by atoms with Crippen molar-refractivity contribution in [3.8, 4) is 0 Å². The van der Waals surface area contributed by atoms with Crippen LogP contribution < -0.4 is 0 Å². The summed E-state index contributed by atoms with van der Waals surface area (Å²) in [6, 6.07) is 0. The molecule has 0 bridgehead atoms. The number of nitrogens with zero attached hydrogens (tertiary/aromatic N) is 4. The monoisotopic (exact) mass is 434 g/mol. The second-order valence-electron chi connectivity index (χ2n) is 8.17. The molecule has 31 heavy (non-hydrogen) atoms. The van der Waals surface area contributed by atoms with Gasteiger partial charge in [0.25, 0.3) is 0 Å². The van der Waals surface area contributed by atoms with Crippen LogP contribution in [0.5, 0.6) is 0 Å². The number of rotatable bonds is 8. The van der Waals surface area contributed by atoms with E-state index in [-0.39, 0.29) is 0 Å². The summed E-state index contributed by atoms with van der Waals surface area (Å²) >= 11 is 0. The van der Waals surface area contributed by atoms with Crippen molar-refractivity contribution >= 4 is 23.6 Å². The molecule has 1 unspecified atom stereocenters. The van der Waals surface area contributed by atoms with Gasteiger partial charge in [0.15, 0.2) is 23.6 Å². The summed E-state index contributed by atoms with van der Waals surface area (Å²) in [5, 5.41) is 0. The molecule has 0 spiro atoms. The van der Waals surface area contributed by atoms with Crippen LogP contribution in [0.25, 0.3) is 0 Å². The fraction of sp³-hybridized carbons (Fsp3) is 0.826. The number of aliphatic imine (C=N–C) groups is 4. The van der Waals surface area contributed by atoms with Crippen molar-refractivity contribution in [1.29, 1.82) is 0 Å². The standard InChI is InChI=1S/C12H20N2O2.C11H18N2O2/c1(5-11-13-7-3-9-15-11)2-6-12-14-8-4-10-16-12;1-9(11-13-5-3-7-15-11)8-10-12-4-2-6-14-10/h1-10H2;9H,2-8H2,1H3. The molecule has 8 heteroatoms. The first kappa shape index (κ1) is 23.5. The van der Waals surface area contributed by atoms with E-state index >= 15 is 0 Å². The number of ether oxygens (including phenoxy) is 4. The zero-order valence-corrected chi connectivity index (χ0v) is 19.0. The molecule has 0 fully saturated rings. The summed E-state index contributed by atoms with van der Waals surface area (Å²) in [5.74, 6) is 3.92. The van der Waals surface area contributed by atoms with Crippen molar-refractivity contribution in [2.75, 3.05) is 52.6 Å². The molecule has 4 aliphatic rings. The lowest BCUT2D eigenvalue weighted by Gasteiger charge is -2.21. The van der Waals surface area contributed by atoms with Gasteiger partial charge in [0.2, 0.25) is 0 Å². The van der Waals surface area contributed by atoms with Gasteiger partial charge >= 0.3 is 0 Å². The second-order valence-corrected chi connectivity index (χ2v) is 8.17. The molecular weight excluding hydrogens is 396 g/mol. The summed E-state index contributed by atoms with van der Waals surface area (Å²) < 4.78 is 21.9. The topological polar surface area (TPSA) is 86.4 Å². The van der Waals surface area contributed by atoms with E-state index in [0.717, 1.165) is 134 Å². The molecular formula is C23H38N4O4. The van der Waals surface area contributed by atoms with Gasteiger partial charge in [-0.1, -0.05) is 6.92 Å². The lowest BCUT2D eigenvalue weighted by atomic mass is 10.1. The summed E-state index contributed by atoms with van der Waals surface area (Å²) in [6.07, 6.45) is 9.17. The van der Waals surface area contributed by atoms with E-state index in [1.807, 2.05) is 0 Å². The van der Waals surface area contributed by atoms with E-state index in [4.69, 9.17) is 18.9 Å². The number of unbranched alkanes of at least 4 members (excludes halogenated alkanes) is 1. The van der Waals surface area contributed by atoms with Gasteiger partial charge in [-0.15, -0.1) is 0 Å². The molecule has 0 radical (unpaired) electrons. The molecule has 0 saturated carbocycles. The van der Waals surface area contributed by atoms with E-state index < -0.39 is 0 Å². The number of hydrogen-bond donors (Lipinski definition) is 0. The van der Waals surface area contributed by atoms with Crippen molar-refractivity contribution in [3.63, 3.8) is 0 Å². The molecule has 0 aromatic carbocycles. The highest BCUT2D eigenvalue weighted by Gasteiger charge is 2.19. The Balaban J connectivity index is 0.000000176.